The Balaban J connectivity index is 1.52. The molecule has 0 aromatic carbocycles. The van der Waals surface area contributed by atoms with Crippen molar-refractivity contribution >= 4 is 9.24 Å². The standard InChI is InChI=1S/C11H17F2N4P/c12-11(13,18)7-17-15-4-9(16-17)1-8-2-10(3-8)5-14-6-10/h4,8,14H,1-3,5-7,18H2. The van der Waals surface area contributed by atoms with Crippen LogP contribution in [0.15, 0.2) is 6.20 Å². The van der Waals surface area contributed by atoms with E-state index >= 15 is 0 Å². The molecule has 4 nitrogen and oxygen atoms in total. The summed E-state index contributed by atoms with van der Waals surface area (Å²) >= 11 is 0. The number of rotatable bonds is 4. The first-order chi connectivity index (χ1) is 8.44. The number of hydrogen-bond acceptors (Lipinski definition) is 3. The number of hydrogen-bond donors (Lipinski definition) is 1. The molecule has 1 spiro atoms. The van der Waals surface area contributed by atoms with Crippen molar-refractivity contribution < 1.29 is 8.78 Å². The minimum Gasteiger partial charge on any atom is -0.316 e. The van der Waals surface area contributed by atoms with Gasteiger partial charge in [0.25, 0.3) is 5.66 Å². The van der Waals surface area contributed by atoms with E-state index in [0.717, 1.165) is 30.0 Å². The van der Waals surface area contributed by atoms with Gasteiger partial charge in [0.1, 0.15) is 6.54 Å². The Hall–Kier alpha value is -0.610. The summed E-state index contributed by atoms with van der Waals surface area (Å²) in [6.07, 6.45) is 4.93. The molecule has 0 amide bonds. The lowest BCUT2D eigenvalue weighted by Gasteiger charge is -2.54. The van der Waals surface area contributed by atoms with Gasteiger partial charge in [-0.3, -0.25) is 0 Å². The lowest BCUT2D eigenvalue weighted by Crippen LogP contribution is -2.60. The summed E-state index contributed by atoms with van der Waals surface area (Å²) in [7, 11) is 1.51. The van der Waals surface area contributed by atoms with Crippen molar-refractivity contribution in [1.82, 2.24) is 20.3 Å². The summed E-state index contributed by atoms with van der Waals surface area (Å²) in [6, 6.07) is 0. The van der Waals surface area contributed by atoms with E-state index in [1.54, 1.807) is 6.20 Å². The van der Waals surface area contributed by atoms with E-state index in [-0.39, 0.29) is 0 Å². The highest BCUT2D eigenvalue weighted by Crippen LogP contribution is 2.49. The van der Waals surface area contributed by atoms with Crippen LogP contribution in [0.5, 0.6) is 0 Å². The van der Waals surface area contributed by atoms with Crippen molar-refractivity contribution in [2.45, 2.75) is 31.5 Å². The van der Waals surface area contributed by atoms with Crippen LogP contribution in [-0.2, 0) is 13.0 Å². The topological polar surface area (TPSA) is 42.7 Å². The summed E-state index contributed by atoms with van der Waals surface area (Å²) in [5.74, 6) is 0.647. The monoisotopic (exact) mass is 274 g/mol. The maximum Gasteiger partial charge on any atom is 0.279 e. The van der Waals surface area contributed by atoms with Gasteiger partial charge in [-0.2, -0.15) is 15.0 Å². The van der Waals surface area contributed by atoms with Gasteiger partial charge >= 0.3 is 0 Å². The van der Waals surface area contributed by atoms with Gasteiger partial charge in [0.05, 0.1) is 11.9 Å². The third-order valence-electron chi connectivity index (χ3n) is 3.88. The Morgan fingerprint density at radius 2 is 2.22 bits per heavy atom. The first-order valence-corrected chi connectivity index (χ1v) is 6.78. The number of nitrogens with zero attached hydrogens (tertiary/aromatic N) is 3. The van der Waals surface area contributed by atoms with E-state index in [9.17, 15) is 8.78 Å². The molecule has 2 heterocycles. The lowest BCUT2D eigenvalue weighted by molar-refractivity contribution is 0.000376. The van der Waals surface area contributed by atoms with Gasteiger partial charge in [-0.05, 0) is 30.6 Å². The van der Waals surface area contributed by atoms with Gasteiger partial charge in [-0.1, -0.05) is 9.24 Å². The van der Waals surface area contributed by atoms with Crippen molar-refractivity contribution in [2.75, 3.05) is 13.1 Å². The molecule has 1 atom stereocenters. The molecule has 7 heteroatoms. The average Bonchev–Trinajstić information content (AvgIpc) is 2.52. The van der Waals surface area contributed by atoms with Crippen molar-refractivity contribution in [2.24, 2.45) is 11.3 Å². The van der Waals surface area contributed by atoms with Crippen molar-refractivity contribution in [1.29, 1.82) is 0 Å². The van der Waals surface area contributed by atoms with Gasteiger partial charge in [-0.15, -0.1) is 0 Å². The maximum absolute atomic E-state index is 12.8. The second-order valence-electron chi connectivity index (χ2n) is 5.71. The van der Waals surface area contributed by atoms with Crippen LogP contribution < -0.4 is 5.32 Å². The Labute approximate surface area is 107 Å². The number of alkyl halides is 2. The van der Waals surface area contributed by atoms with Crippen LogP contribution in [0.4, 0.5) is 8.78 Å². The molecule has 1 aliphatic carbocycles. The van der Waals surface area contributed by atoms with E-state index < -0.39 is 12.2 Å². The fraction of sp³-hybridized carbons (Fsp3) is 0.818. The van der Waals surface area contributed by atoms with E-state index in [0.29, 0.717) is 11.3 Å². The fourth-order valence-electron chi connectivity index (χ4n) is 3.06. The number of nitrogens with one attached hydrogen (secondary N) is 1. The molecule has 0 bridgehead atoms. The second-order valence-corrected chi connectivity index (χ2v) is 6.55. The van der Waals surface area contributed by atoms with E-state index in [4.69, 9.17) is 0 Å². The zero-order valence-electron chi connectivity index (χ0n) is 10.1. The van der Waals surface area contributed by atoms with Crippen LogP contribution in [0, 0.1) is 11.3 Å². The third kappa shape index (κ3) is 2.54. The molecular formula is C11H17F2N4P. The smallest absolute Gasteiger partial charge is 0.279 e. The Kier molecular flexibility index (Phi) is 2.90. The molecule has 1 aliphatic heterocycles. The van der Waals surface area contributed by atoms with Crippen LogP contribution in [-0.4, -0.2) is 33.7 Å². The number of aromatic nitrogens is 3. The largest absolute Gasteiger partial charge is 0.316 e. The second kappa shape index (κ2) is 4.20. The first kappa shape index (κ1) is 12.4. The molecule has 3 rings (SSSR count). The van der Waals surface area contributed by atoms with Gasteiger partial charge in [-0.25, -0.2) is 8.78 Å². The van der Waals surface area contributed by atoms with Gasteiger partial charge in [0, 0.05) is 13.1 Å². The van der Waals surface area contributed by atoms with Crippen molar-refractivity contribution in [3.8, 4) is 0 Å². The normalized spacial score (nSPS) is 22.8. The highest BCUT2D eigenvalue weighted by molar-refractivity contribution is 7.18. The molecule has 100 valence electrons. The molecular weight excluding hydrogens is 257 g/mol. The van der Waals surface area contributed by atoms with E-state index in [1.807, 2.05) is 0 Å². The Bertz CT molecular complexity index is 430. The lowest BCUT2D eigenvalue weighted by atomic mass is 9.57. The van der Waals surface area contributed by atoms with Crippen molar-refractivity contribution in [3.05, 3.63) is 11.9 Å². The third-order valence-corrected chi connectivity index (χ3v) is 4.06. The van der Waals surface area contributed by atoms with E-state index in [2.05, 4.69) is 15.5 Å². The predicted molar refractivity (Wildman–Crippen MR) is 66.4 cm³/mol. The maximum atomic E-state index is 12.8. The molecule has 1 saturated heterocycles. The van der Waals surface area contributed by atoms with Crippen LogP contribution >= 0.6 is 9.24 Å². The summed E-state index contributed by atoms with van der Waals surface area (Å²) in [5, 5.41) is 11.3. The van der Waals surface area contributed by atoms with Crippen LogP contribution in [0.3, 0.4) is 0 Å². The molecule has 0 radical (unpaired) electrons. The minimum atomic E-state index is -2.84. The predicted octanol–water partition coefficient (Wildman–Crippen LogP) is 1.29. The zero-order valence-corrected chi connectivity index (χ0v) is 11.2. The van der Waals surface area contributed by atoms with Gasteiger partial charge < -0.3 is 5.32 Å². The average molecular weight is 274 g/mol. The molecule has 1 N–H and O–H groups in total. The van der Waals surface area contributed by atoms with Gasteiger partial charge in [0.2, 0.25) is 0 Å². The minimum absolute atomic E-state index is 0.476. The fourth-order valence-corrected chi connectivity index (χ4v) is 3.23. The first-order valence-electron chi connectivity index (χ1n) is 6.21. The Morgan fingerprint density at radius 3 is 2.78 bits per heavy atom. The molecule has 18 heavy (non-hydrogen) atoms. The van der Waals surface area contributed by atoms with Crippen molar-refractivity contribution in [3.63, 3.8) is 0 Å². The van der Waals surface area contributed by atoms with Gasteiger partial charge in [0.15, 0.2) is 0 Å². The summed E-state index contributed by atoms with van der Waals surface area (Å²) < 4.78 is 25.5. The van der Waals surface area contributed by atoms with Crippen LogP contribution in [0.2, 0.25) is 0 Å². The summed E-state index contributed by atoms with van der Waals surface area (Å²) in [4.78, 5) is 1.08. The van der Waals surface area contributed by atoms with Crippen LogP contribution in [0.25, 0.3) is 0 Å². The van der Waals surface area contributed by atoms with E-state index in [1.165, 1.54) is 22.1 Å². The molecule has 2 fully saturated rings. The molecule has 1 aromatic heterocycles. The summed E-state index contributed by atoms with van der Waals surface area (Å²) in [5.41, 5.74) is -1.46. The van der Waals surface area contributed by atoms with Crippen LogP contribution in [0.1, 0.15) is 18.5 Å². The highest BCUT2D eigenvalue weighted by atomic mass is 31.0. The summed E-state index contributed by atoms with van der Waals surface area (Å²) in [6.45, 7) is 1.79. The highest BCUT2D eigenvalue weighted by Gasteiger charge is 2.48. The molecule has 1 saturated carbocycles. The molecule has 1 aromatic rings. The Morgan fingerprint density at radius 1 is 1.50 bits per heavy atom. The molecule has 2 aliphatic rings. The quantitative estimate of drug-likeness (QED) is 0.841. The molecule has 1 unspecified atom stereocenters. The number of halogens is 2. The SMILES string of the molecule is FC(F)(P)Cn1ncc(CC2CC3(CNC3)C2)n1. The zero-order chi connectivity index (χ0) is 12.8.